The van der Waals surface area contributed by atoms with Gasteiger partial charge in [0.1, 0.15) is 0 Å². The van der Waals surface area contributed by atoms with E-state index in [2.05, 4.69) is 10.3 Å². The van der Waals surface area contributed by atoms with Crippen LogP contribution in [-0.4, -0.2) is 26.3 Å². The molecule has 3 rings (SSSR count). The number of carbonyl (C=O) groups is 1. The quantitative estimate of drug-likeness (QED) is 0.521. The standard InChI is InChI=1S/C20H19Cl2N3O2S/c21-16-7-5-14(6-8-16)11-25-17(12-26)10-24-20(25)28-13-19(27)23-9-15-3-1-2-4-18(15)22/h1-8,10,26H,9,11-13H2,(H,23,27). The molecule has 0 radical (unpaired) electrons. The van der Waals surface area contributed by atoms with Crippen LogP contribution in [0.25, 0.3) is 0 Å². The molecule has 8 heteroatoms. The number of hydrogen-bond donors (Lipinski definition) is 2. The zero-order valence-corrected chi connectivity index (χ0v) is 17.3. The summed E-state index contributed by atoms with van der Waals surface area (Å²) in [4.78, 5) is 16.6. The van der Waals surface area contributed by atoms with Gasteiger partial charge >= 0.3 is 0 Å². The lowest BCUT2D eigenvalue weighted by molar-refractivity contribution is -0.118. The maximum Gasteiger partial charge on any atom is 0.230 e. The summed E-state index contributed by atoms with van der Waals surface area (Å²) in [5, 5.41) is 14.4. The third-order valence-corrected chi connectivity index (χ3v) is 5.69. The molecule has 0 aliphatic heterocycles. The summed E-state index contributed by atoms with van der Waals surface area (Å²) >= 11 is 13.4. The number of thioether (sulfide) groups is 1. The van der Waals surface area contributed by atoms with Crippen LogP contribution in [0.5, 0.6) is 0 Å². The molecule has 0 saturated heterocycles. The molecule has 0 fully saturated rings. The minimum atomic E-state index is -0.125. The number of amides is 1. The van der Waals surface area contributed by atoms with Crippen molar-refractivity contribution in [2.75, 3.05) is 5.75 Å². The summed E-state index contributed by atoms with van der Waals surface area (Å²) < 4.78 is 1.90. The van der Waals surface area contributed by atoms with E-state index < -0.39 is 0 Å². The van der Waals surface area contributed by atoms with Gasteiger partial charge in [0.15, 0.2) is 5.16 Å². The molecule has 0 unspecified atom stereocenters. The summed E-state index contributed by atoms with van der Waals surface area (Å²) in [7, 11) is 0. The van der Waals surface area contributed by atoms with Gasteiger partial charge in [0.2, 0.25) is 5.91 Å². The first-order valence-electron chi connectivity index (χ1n) is 8.59. The highest BCUT2D eigenvalue weighted by Crippen LogP contribution is 2.21. The van der Waals surface area contributed by atoms with Crippen molar-refractivity contribution < 1.29 is 9.90 Å². The Bertz CT molecular complexity index is 945. The van der Waals surface area contributed by atoms with Gasteiger partial charge in [-0.3, -0.25) is 4.79 Å². The molecule has 1 aromatic heterocycles. The van der Waals surface area contributed by atoms with Crippen LogP contribution in [0.3, 0.4) is 0 Å². The smallest absolute Gasteiger partial charge is 0.230 e. The first kappa shape index (κ1) is 20.7. The Hall–Kier alpha value is -1.99. The zero-order chi connectivity index (χ0) is 19.9. The number of rotatable bonds is 8. The number of hydrogen-bond acceptors (Lipinski definition) is 4. The van der Waals surface area contributed by atoms with E-state index in [0.29, 0.717) is 34.0 Å². The number of carbonyl (C=O) groups excluding carboxylic acids is 1. The second-order valence-electron chi connectivity index (χ2n) is 6.06. The Morgan fingerprint density at radius 1 is 1.14 bits per heavy atom. The van der Waals surface area contributed by atoms with E-state index in [1.165, 1.54) is 11.8 Å². The molecule has 2 N–H and O–H groups in total. The Morgan fingerprint density at radius 3 is 2.61 bits per heavy atom. The summed E-state index contributed by atoms with van der Waals surface area (Å²) in [6, 6.07) is 14.9. The van der Waals surface area contributed by atoms with Crippen molar-refractivity contribution in [3.63, 3.8) is 0 Å². The average Bonchev–Trinajstić information content (AvgIpc) is 3.09. The van der Waals surface area contributed by atoms with Crippen molar-refractivity contribution in [3.8, 4) is 0 Å². The Kier molecular flexibility index (Phi) is 7.39. The van der Waals surface area contributed by atoms with Gasteiger partial charge in [-0.25, -0.2) is 4.98 Å². The van der Waals surface area contributed by atoms with Gasteiger partial charge in [-0.05, 0) is 29.3 Å². The molecular formula is C20H19Cl2N3O2S. The van der Waals surface area contributed by atoms with E-state index in [4.69, 9.17) is 23.2 Å². The van der Waals surface area contributed by atoms with Crippen molar-refractivity contribution in [2.45, 2.75) is 24.9 Å². The molecule has 1 amide bonds. The number of aliphatic hydroxyl groups is 1. The predicted molar refractivity (Wildman–Crippen MR) is 113 cm³/mol. The van der Waals surface area contributed by atoms with Crippen molar-refractivity contribution in [2.24, 2.45) is 0 Å². The van der Waals surface area contributed by atoms with Crippen LogP contribution in [0.4, 0.5) is 0 Å². The molecule has 28 heavy (non-hydrogen) atoms. The normalized spacial score (nSPS) is 10.8. The topological polar surface area (TPSA) is 67.1 Å². The van der Waals surface area contributed by atoms with Crippen LogP contribution in [0, 0.1) is 0 Å². The third kappa shape index (κ3) is 5.52. The van der Waals surface area contributed by atoms with Gasteiger partial charge in [0.05, 0.1) is 24.3 Å². The second-order valence-corrected chi connectivity index (χ2v) is 7.85. The maximum absolute atomic E-state index is 12.2. The van der Waals surface area contributed by atoms with Crippen LogP contribution in [0.2, 0.25) is 10.0 Å². The number of nitrogens with one attached hydrogen (secondary N) is 1. The Labute approximate surface area is 177 Å². The second kappa shape index (κ2) is 9.98. The van der Waals surface area contributed by atoms with Gasteiger partial charge < -0.3 is 15.0 Å². The average molecular weight is 436 g/mol. The highest BCUT2D eigenvalue weighted by molar-refractivity contribution is 7.99. The number of benzene rings is 2. The first-order valence-corrected chi connectivity index (χ1v) is 10.3. The number of imidazole rings is 1. The van der Waals surface area contributed by atoms with Gasteiger partial charge in [-0.15, -0.1) is 0 Å². The molecule has 5 nitrogen and oxygen atoms in total. The lowest BCUT2D eigenvalue weighted by Crippen LogP contribution is -2.25. The fourth-order valence-electron chi connectivity index (χ4n) is 2.59. The minimum Gasteiger partial charge on any atom is -0.390 e. The molecule has 3 aromatic rings. The van der Waals surface area contributed by atoms with E-state index in [1.54, 1.807) is 12.3 Å². The fourth-order valence-corrected chi connectivity index (χ4v) is 3.75. The zero-order valence-electron chi connectivity index (χ0n) is 14.9. The largest absolute Gasteiger partial charge is 0.390 e. The van der Waals surface area contributed by atoms with Gasteiger partial charge in [-0.2, -0.15) is 0 Å². The highest BCUT2D eigenvalue weighted by Gasteiger charge is 2.13. The number of aromatic nitrogens is 2. The molecule has 146 valence electrons. The Morgan fingerprint density at radius 2 is 1.89 bits per heavy atom. The molecule has 0 saturated carbocycles. The number of nitrogens with zero attached hydrogens (tertiary/aromatic N) is 2. The van der Waals surface area contributed by atoms with Crippen LogP contribution >= 0.6 is 35.0 Å². The lowest BCUT2D eigenvalue weighted by atomic mass is 10.2. The summed E-state index contributed by atoms with van der Waals surface area (Å²) in [5.41, 5.74) is 2.59. The van der Waals surface area contributed by atoms with E-state index >= 15 is 0 Å². The van der Waals surface area contributed by atoms with Crippen molar-refractivity contribution in [1.82, 2.24) is 14.9 Å². The SMILES string of the molecule is O=C(CSc1ncc(CO)n1Cc1ccc(Cl)cc1)NCc1ccccc1Cl. The Balaban J connectivity index is 1.60. The first-order chi connectivity index (χ1) is 13.6. The third-order valence-electron chi connectivity index (χ3n) is 4.08. The van der Waals surface area contributed by atoms with Crippen LogP contribution < -0.4 is 5.32 Å². The summed E-state index contributed by atoms with van der Waals surface area (Å²) in [6.45, 7) is 0.788. The molecule has 2 aromatic carbocycles. The van der Waals surface area contributed by atoms with Gasteiger partial charge in [0.25, 0.3) is 0 Å². The van der Waals surface area contributed by atoms with Gasteiger partial charge in [-0.1, -0.05) is 65.3 Å². The molecule has 0 aliphatic carbocycles. The summed E-state index contributed by atoms with van der Waals surface area (Å²) in [6.07, 6.45) is 1.62. The highest BCUT2D eigenvalue weighted by atomic mass is 35.5. The number of halogens is 2. The van der Waals surface area contributed by atoms with Gasteiger partial charge in [0, 0.05) is 23.1 Å². The van der Waals surface area contributed by atoms with Crippen LogP contribution in [0.15, 0.2) is 59.9 Å². The van der Waals surface area contributed by atoms with E-state index in [-0.39, 0.29) is 18.3 Å². The fraction of sp³-hybridized carbons (Fsp3) is 0.200. The molecule has 0 atom stereocenters. The predicted octanol–water partition coefficient (Wildman–Crippen LogP) is 4.14. The molecule has 0 bridgehead atoms. The van der Waals surface area contributed by atoms with Crippen molar-refractivity contribution in [3.05, 3.63) is 81.6 Å². The van der Waals surface area contributed by atoms with E-state index in [0.717, 1.165) is 11.1 Å². The van der Waals surface area contributed by atoms with Crippen LogP contribution in [0.1, 0.15) is 16.8 Å². The van der Waals surface area contributed by atoms with Crippen molar-refractivity contribution in [1.29, 1.82) is 0 Å². The minimum absolute atomic E-state index is 0.114. The maximum atomic E-state index is 12.2. The molecule has 1 heterocycles. The van der Waals surface area contributed by atoms with E-state index in [1.807, 2.05) is 47.0 Å². The van der Waals surface area contributed by atoms with Crippen molar-refractivity contribution >= 4 is 40.9 Å². The lowest BCUT2D eigenvalue weighted by Gasteiger charge is -2.11. The molecular weight excluding hydrogens is 417 g/mol. The summed E-state index contributed by atoms with van der Waals surface area (Å²) in [5.74, 6) is 0.101. The molecule has 0 aliphatic rings. The molecule has 0 spiro atoms. The van der Waals surface area contributed by atoms with E-state index in [9.17, 15) is 9.90 Å². The van der Waals surface area contributed by atoms with Crippen LogP contribution in [-0.2, 0) is 24.5 Å². The number of aliphatic hydroxyl groups excluding tert-OH is 1. The monoisotopic (exact) mass is 435 g/mol.